The third-order valence-electron chi connectivity index (χ3n) is 11.5. The average Bonchev–Trinajstić information content (AvgIpc) is 3.88. The van der Waals surface area contributed by atoms with E-state index in [0.29, 0.717) is 24.6 Å². The predicted molar refractivity (Wildman–Crippen MR) is 217 cm³/mol. The first-order chi connectivity index (χ1) is 26.9. The SMILES string of the molecule is Cc1c(Br)c(C2CCCN(CCCCCOc3cc(F)c([C@@H]4c5[nH]c6ccccc6c5C[C@@H](C)N4CC(C)(C)F)c(F)c3)C2)nc2c(-c3cnn(C)c3)cnn12. The first-order valence-corrected chi connectivity index (χ1v) is 20.6. The number of hydrogen-bond donors (Lipinski definition) is 1. The fourth-order valence-electron chi connectivity index (χ4n) is 8.86. The number of hydrogen-bond acceptors (Lipinski definition) is 6. The van der Waals surface area contributed by atoms with E-state index in [1.54, 1.807) is 4.68 Å². The number of nitrogens with zero attached hydrogens (tertiary/aromatic N) is 7. The summed E-state index contributed by atoms with van der Waals surface area (Å²) < 4.78 is 58.0. The van der Waals surface area contributed by atoms with Crippen molar-refractivity contribution in [2.45, 2.75) is 89.9 Å². The minimum absolute atomic E-state index is 0.0337. The van der Waals surface area contributed by atoms with E-state index in [1.165, 1.54) is 26.0 Å². The number of aryl methyl sites for hydroxylation is 2. The van der Waals surface area contributed by atoms with Crippen molar-refractivity contribution in [2.75, 3.05) is 32.8 Å². The summed E-state index contributed by atoms with van der Waals surface area (Å²) in [6, 6.07) is 9.51. The zero-order valence-electron chi connectivity index (χ0n) is 32.8. The van der Waals surface area contributed by atoms with Gasteiger partial charge in [-0.15, -0.1) is 0 Å². The van der Waals surface area contributed by atoms with Gasteiger partial charge >= 0.3 is 0 Å². The lowest BCUT2D eigenvalue weighted by Crippen LogP contribution is -2.48. The molecule has 56 heavy (non-hydrogen) atoms. The lowest BCUT2D eigenvalue weighted by Gasteiger charge is -2.43. The smallest absolute Gasteiger partial charge is 0.163 e. The molecule has 0 saturated carbocycles. The summed E-state index contributed by atoms with van der Waals surface area (Å²) >= 11 is 3.85. The molecular weight excluding hydrogens is 781 g/mol. The fraction of sp³-hybridized carbons (Fsp3) is 0.465. The number of nitrogens with one attached hydrogen (secondary N) is 1. The van der Waals surface area contributed by atoms with Crippen LogP contribution in [0.1, 0.15) is 93.0 Å². The van der Waals surface area contributed by atoms with Crippen LogP contribution < -0.4 is 4.74 Å². The molecule has 0 spiro atoms. The number of likely N-dealkylation sites (tertiary alicyclic amines) is 1. The molecule has 6 aromatic rings. The van der Waals surface area contributed by atoms with Crippen LogP contribution in [-0.2, 0) is 13.5 Å². The van der Waals surface area contributed by atoms with Crippen LogP contribution in [0.15, 0.2) is 59.5 Å². The second-order valence-corrected chi connectivity index (χ2v) is 17.1. The molecule has 13 heteroatoms. The van der Waals surface area contributed by atoms with Gasteiger partial charge in [0.25, 0.3) is 0 Å². The van der Waals surface area contributed by atoms with E-state index in [2.05, 4.69) is 42.9 Å². The van der Waals surface area contributed by atoms with Crippen molar-refractivity contribution in [2.24, 2.45) is 7.05 Å². The molecule has 1 saturated heterocycles. The quantitative estimate of drug-likeness (QED) is 0.124. The molecule has 1 N–H and O–H groups in total. The number of benzene rings is 2. The molecule has 0 aliphatic carbocycles. The molecule has 6 heterocycles. The maximum Gasteiger partial charge on any atom is 0.163 e. The monoisotopic (exact) mass is 830 g/mol. The van der Waals surface area contributed by atoms with Crippen LogP contribution in [0.3, 0.4) is 0 Å². The predicted octanol–water partition coefficient (Wildman–Crippen LogP) is 9.47. The van der Waals surface area contributed by atoms with Crippen molar-refractivity contribution in [3.05, 3.63) is 99.3 Å². The summed E-state index contributed by atoms with van der Waals surface area (Å²) in [7, 11) is 1.91. The lowest BCUT2D eigenvalue weighted by molar-refractivity contribution is 0.0642. The van der Waals surface area contributed by atoms with Crippen molar-refractivity contribution < 1.29 is 17.9 Å². The Morgan fingerprint density at radius 2 is 1.84 bits per heavy atom. The lowest BCUT2D eigenvalue weighted by atomic mass is 9.87. The maximum atomic E-state index is 16.1. The molecule has 3 atom stereocenters. The van der Waals surface area contributed by atoms with Gasteiger partial charge in [-0.2, -0.15) is 10.2 Å². The molecule has 296 valence electrons. The van der Waals surface area contributed by atoms with Crippen LogP contribution in [0.5, 0.6) is 5.75 Å². The van der Waals surface area contributed by atoms with E-state index in [-0.39, 0.29) is 23.9 Å². The second-order valence-electron chi connectivity index (χ2n) is 16.4. The maximum absolute atomic E-state index is 16.1. The van der Waals surface area contributed by atoms with Crippen LogP contribution in [0, 0.1) is 18.6 Å². The molecule has 2 aliphatic rings. The molecule has 0 bridgehead atoms. The molecule has 4 aromatic heterocycles. The van der Waals surface area contributed by atoms with Gasteiger partial charge in [-0.3, -0.25) is 9.58 Å². The average molecular weight is 832 g/mol. The van der Waals surface area contributed by atoms with E-state index < -0.39 is 23.3 Å². The molecule has 2 aromatic carbocycles. The number of halogens is 4. The highest BCUT2D eigenvalue weighted by Crippen LogP contribution is 2.44. The third kappa shape index (κ3) is 7.61. The number of rotatable bonds is 12. The number of ether oxygens (including phenoxy) is 1. The Hall–Kier alpha value is -4.20. The van der Waals surface area contributed by atoms with E-state index in [4.69, 9.17) is 9.72 Å². The third-order valence-corrected chi connectivity index (χ3v) is 12.5. The first-order valence-electron chi connectivity index (χ1n) is 19.8. The van der Waals surface area contributed by atoms with Crippen molar-refractivity contribution in [1.82, 2.24) is 39.2 Å². The topological polar surface area (TPSA) is 79.5 Å². The Balaban J connectivity index is 0.890. The van der Waals surface area contributed by atoms with Crippen molar-refractivity contribution in [3.8, 4) is 16.9 Å². The van der Waals surface area contributed by atoms with Gasteiger partial charge in [0.05, 0.1) is 40.9 Å². The van der Waals surface area contributed by atoms with E-state index >= 15 is 13.2 Å². The summed E-state index contributed by atoms with van der Waals surface area (Å²) in [6.07, 6.45) is 11.2. The normalized spacial score (nSPS) is 19.6. The van der Waals surface area contributed by atoms with Gasteiger partial charge < -0.3 is 14.6 Å². The number of para-hydroxylation sites is 1. The summed E-state index contributed by atoms with van der Waals surface area (Å²) in [5, 5.41) is 10.00. The zero-order valence-corrected chi connectivity index (χ0v) is 34.3. The van der Waals surface area contributed by atoms with Gasteiger partial charge in [0, 0.05) is 83.7 Å². The molecule has 0 amide bonds. The molecule has 2 aliphatic heterocycles. The zero-order chi connectivity index (χ0) is 39.3. The number of aromatic nitrogens is 6. The van der Waals surface area contributed by atoms with Crippen molar-refractivity contribution in [3.63, 3.8) is 0 Å². The van der Waals surface area contributed by atoms with Crippen molar-refractivity contribution >= 4 is 32.5 Å². The summed E-state index contributed by atoms with van der Waals surface area (Å²) in [6.45, 7) is 10.4. The standard InChI is InChI=1S/C43H50BrF3N8O/c1-26-18-32-31-13-7-8-14-36(31)50-40(32)41(54(26)25-43(3,4)47)37-34(45)19-30(20-35(37)46)56-17-10-6-9-15-53-16-11-12-28(24-53)39-38(44)27(2)55-42(51-39)33(22-49-55)29-21-48-52(5)23-29/h7-8,13-14,19-23,26,28,41,50H,6,9-12,15-18,24-25H2,1-5H3/t26-,28?,41-/m1/s1. The van der Waals surface area contributed by atoms with E-state index in [1.807, 2.05) is 66.2 Å². The molecule has 1 unspecified atom stereocenters. The van der Waals surface area contributed by atoms with E-state index in [0.717, 1.165) is 101 Å². The summed E-state index contributed by atoms with van der Waals surface area (Å²) in [5.74, 6) is -0.926. The number of aromatic amines is 1. The Morgan fingerprint density at radius 3 is 2.59 bits per heavy atom. The highest BCUT2D eigenvalue weighted by atomic mass is 79.9. The Morgan fingerprint density at radius 1 is 1.05 bits per heavy atom. The number of H-pyrrole nitrogens is 1. The van der Waals surface area contributed by atoms with Gasteiger partial charge in [0.15, 0.2) is 5.65 Å². The minimum atomic E-state index is -1.56. The second kappa shape index (κ2) is 15.6. The summed E-state index contributed by atoms with van der Waals surface area (Å²) in [5.41, 5.74) is 5.91. The molecule has 8 rings (SSSR count). The van der Waals surface area contributed by atoms with Gasteiger partial charge in [-0.25, -0.2) is 22.7 Å². The van der Waals surface area contributed by atoms with Crippen molar-refractivity contribution in [1.29, 1.82) is 0 Å². The fourth-order valence-corrected chi connectivity index (χ4v) is 9.44. The Labute approximate surface area is 334 Å². The number of alkyl halides is 1. The largest absolute Gasteiger partial charge is 0.493 e. The van der Waals surface area contributed by atoms with Gasteiger partial charge in [0.1, 0.15) is 23.1 Å². The number of fused-ring (bicyclic) bond motifs is 4. The highest BCUT2D eigenvalue weighted by molar-refractivity contribution is 9.10. The molecule has 9 nitrogen and oxygen atoms in total. The van der Waals surface area contributed by atoms with Crippen LogP contribution >= 0.6 is 15.9 Å². The van der Waals surface area contributed by atoms with Crippen LogP contribution in [0.25, 0.3) is 27.7 Å². The van der Waals surface area contributed by atoms with Gasteiger partial charge in [-0.1, -0.05) is 18.2 Å². The van der Waals surface area contributed by atoms with Gasteiger partial charge in [-0.05, 0) is 107 Å². The minimum Gasteiger partial charge on any atom is -0.493 e. The molecular formula is C43H50BrF3N8O. The van der Waals surface area contributed by atoms with Crippen LogP contribution in [0.4, 0.5) is 13.2 Å². The van der Waals surface area contributed by atoms with Crippen LogP contribution in [0.2, 0.25) is 0 Å². The molecule has 0 radical (unpaired) electrons. The number of unbranched alkanes of at least 4 members (excludes halogenated alkanes) is 2. The first kappa shape index (κ1) is 38.7. The summed E-state index contributed by atoms with van der Waals surface area (Å²) in [4.78, 5) is 13.0. The van der Waals surface area contributed by atoms with E-state index in [9.17, 15) is 0 Å². The molecule has 1 fully saturated rings. The Bertz CT molecular complexity index is 2340. The number of piperidine rings is 1. The van der Waals surface area contributed by atoms with Gasteiger partial charge in [0.2, 0.25) is 0 Å². The Kier molecular flexibility index (Phi) is 10.8. The van der Waals surface area contributed by atoms with Crippen LogP contribution in [-0.4, -0.2) is 83.7 Å². The highest BCUT2D eigenvalue weighted by Gasteiger charge is 2.41.